The van der Waals surface area contributed by atoms with E-state index in [1.165, 1.54) is 13.2 Å². The lowest BCUT2D eigenvalue weighted by Crippen LogP contribution is -2.12. The highest BCUT2D eigenvalue weighted by Crippen LogP contribution is 2.38. The van der Waals surface area contributed by atoms with Crippen molar-refractivity contribution >= 4 is 5.97 Å². The second kappa shape index (κ2) is 5.46. The standard InChI is InChI=1S/C10H11NO3.CH4O/c1-14-10(13)7-4-8(6-2-3-6)11-9(12)5-7;1-2/h4-6H,2-3H2,1H3,(H,11,12);2H,1H3. The van der Waals surface area contributed by atoms with Crippen LogP contribution in [0.5, 0.6) is 0 Å². The summed E-state index contributed by atoms with van der Waals surface area (Å²) < 4.78 is 4.55. The smallest absolute Gasteiger partial charge is 0.338 e. The number of carbonyl (C=O) groups is 1. The summed E-state index contributed by atoms with van der Waals surface area (Å²) in [5.41, 5.74) is 0.936. The van der Waals surface area contributed by atoms with Crippen molar-refractivity contribution in [3.8, 4) is 0 Å². The van der Waals surface area contributed by atoms with Gasteiger partial charge in [-0.05, 0) is 24.8 Å². The van der Waals surface area contributed by atoms with Crippen molar-refractivity contribution < 1.29 is 14.6 Å². The molecule has 5 heteroatoms. The molecule has 0 aliphatic heterocycles. The zero-order chi connectivity index (χ0) is 12.1. The van der Waals surface area contributed by atoms with Gasteiger partial charge in [-0.15, -0.1) is 0 Å². The number of ether oxygens (including phenoxy) is 1. The maximum atomic E-state index is 11.2. The fourth-order valence-electron chi connectivity index (χ4n) is 1.41. The summed E-state index contributed by atoms with van der Waals surface area (Å²) >= 11 is 0. The van der Waals surface area contributed by atoms with Gasteiger partial charge in [0.2, 0.25) is 5.56 Å². The first kappa shape index (κ1) is 12.4. The Morgan fingerprint density at radius 3 is 2.56 bits per heavy atom. The highest BCUT2D eigenvalue weighted by molar-refractivity contribution is 5.89. The zero-order valence-corrected chi connectivity index (χ0v) is 9.32. The van der Waals surface area contributed by atoms with Crippen LogP contribution in [0.2, 0.25) is 0 Å². The first-order valence-electron chi connectivity index (χ1n) is 4.98. The van der Waals surface area contributed by atoms with Crippen LogP contribution >= 0.6 is 0 Å². The van der Waals surface area contributed by atoms with Crippen molar-refractivity contribution in [3.63, 3.8) is 0 Å². The van der Waals surface area contributed by atoms with E-state index in [0.29, 0.717) is 11.5 Å². The summed E-state index contributed by atoms with van der Waals surface area (Å²) in [6, 6.07) is 2.96. The molecule has 1 fully saturated rings. The third-order valence-corrected chi connectivity index (χ3v) is 2.30. The molecule has 2 rings (SSSR count). The largest absolute Gasteiger partial charge is 0.465 e. The molecule has 0 radical (unpaired) electrons. The Hall–Kier alpha value is -1.62. The van der Waals surface area contributed by atoms with Gasteiger partial charge in [0.15, 0.2) is 0 Å². The normalized spacial score (nSPS) is 13.7. The quantitative estimate of drug-likeness (QED) is 0.724. The number of aromatic nitrogens is 1. The van der Waals surface area contributed by atoms with Gasteiger partial charge in [0.25, 0.3) is 0 Å². The number of rotatable bonds is 2. The number of hydrogen-bond donors (Lipinski definition) is 2. The summed E-state index contributed by atoms with van der Waals surface area (Å²) in [5, 5.41) is 7.00. The average Bonchev–Trinajstić information content (AvgIpc) is 3.14. The summed E-state index contributed by atoms with van der Waals surface area (Å²) in [5.74, 6) is -0.0368. The molecule has 1 aliphatic rings. The Morgan fingerprint density at radius 2 is 2.06 bits per heavy atom. The second-order valence-electron chi connectivity index (χ2n) is 3.45. The van der Waals surface area contributed by atoms with Gasteiger partial charge in [-0.2, -0.15) is 0 Å². The molecule has 0 atom stereocenters. The molecular formula is C11H15NO4. The van der Waals surface area contributed by atoms with E-state index in [2.05, 4.69) is 9.72 Å². The topological polar surface area (TPSA) is 79.4 Å². The number of hydrogen-bond acceptors (Lipinski definition) is 4. The molecule has 0 unspecified atom stereocenters. The van der Waals surface area contributed by atoms with E-state index in [1.54, 1.807) is 6.07 Å². The van der Waals surface area contributed by atoms with Gasteiger partial charge in [0, 0.05) is 18.9 Å². The van der Waals surface area contributed by atoms with Crippen LogP contribution in [0.3, 0.4) is 0 Å². The Balaban J connectivity index is 0.000000606. The summed E-state index contributed by atoms with van der Waals surface area (Å²) in [4.78, 5) is 25.1. The predicted molar refractivity (Wildman–Crippen MR) is 58.5 cm³/mol. The van der Waals surface area contributed by atoms with Crippen LogP contribution < -0.4 is 5.56 Å². The number of carbonyl (C=O) groups excluding carboxylic acids is 1. The van der Waals surface area contributed by atoms with Crippen molar-refractivity contribution in [1.82, 2.24) is 4.98 Å². The van der Waals surface area contributed by atoms with Crippen molar-refractivity contribution in [1.29, 1.82) is 0 Å². The molecule has 1 aromatic rings. The van der Waals surface area contributed by atoms with Crippen molar-refractivity contribution in [2.45, 2.75) is 18.8 Å². The highest BCUT2D eigenvalue weighted by atomic mass is 16.5. The van der Waals surface area contributed by atoms with Crippen LogP contribution in [0.25, 0.3) is 0 Å². The first-order valence-corrected chi connectivity index (χ1v) is 4.98. The molecule has 1 aliphatic carbocycles. The number of pyridine rings is 1. The summed E-state index contributed by atoms with van der Waals surface area (Å²) in [6.45, 7) is 0. The zero-order valence-electron chi connectivity index (χ0n) is 9.32. The van der Waals surface area contributed by atoms with E-state index >= 15 is 0 Å². The molecule has 0 aromatic carbocycles. The van der Waals surface area contributed by atoms with E-state index in [4.69, 9.17) is 5.11 Å². The van der Waals surface area contributed by atoms with E-state index in [-0.39, 0.29) is 5.56 Å². The SMILES string of the molecule is CO.COC(=O)c1cc(C2CC2)[nH]c(=O)c1. The second-order valence-corrected chi connectivity index (χ2v) is 3.45. The molecule has 1 aromatic heterocycles. The van der Waals surface area contributed by atoms with Crippen LogP contribution in [-0.4, -0.2) is 30.3 Å². The lowest BCUT2D eigenvalue weighted by atomic mass is 10.2. The molecule has 0 bridgehead atoms. The first-order chi connectivity index (χ1) is 7.70. The lowest BCUT2D eigenvalue weighted by Gasteiger charge is -2.01. The molecule has 16 heavy (non-hydrogen) atoms. The number of H-pyrrole nitrogens is 1. The number of aromatic amines is 1. The highest BCUT2D eigenvalue weighted by Gasteiger charge is 2.25. The van der Waals surface area contributed by atoms with E-state index in [0.717, 1.165) is 25.6 Å². The van der Waals surface area contributed by atoms with Gasteiger partial charge in [0.1, 0.15) is 0 Å². The van der Waals surface area contributed by atoms with Gasteiger partial charge in [0.05, 0.1) is 12.7 Å². The van der Waals surface area contributed by atoms with Gasteiger partial charge < -0.3 is 14.8 Å². The van der Waals surface area contributed by atoms with E-state index in [1.807, 2.05) is 0 Å². The van der Waals surface area contributed by atoms with Gasteiger partial charge in [-0.3, -0.25) is 4.79 Å². The predicted octanol–water partition coefficient (Wildman–Crippen LogP) is 0.647. The van der Waals surface area contributed by atoms with Crippen molar-refractivity contribution in [2.75, 3.05) is 14.2 Å². The summed E-state index contributed by atoms with van der Waals surface area (Å²) in [6.07, 6.45) is 2.17. The Kier molecular flexibility index (Phi) is 4.25. The molecule has 2 N–H and O–H groups in total. The van der Waals surface area contributed by atoms with Crippen LogP contribution in [-0.2, 0) is 4.74 Å². The fourth-order valence-corrected chi connectivity index (χ4v) is 1.41. The minimum Gasteiger partial charge on any atom is -0.465 e. The minimum absolute atomic E-state index is 0.241. The number of methoxy groups -OCH3 is 1. The molecule has 5 nitrogen and oxygen atoms in total. The van der Waals surface area contributed by atoms with E-state index in [9.17, 15) is 9.59 Å². The molecule has 0 saturated heterocycles. The molecule has 1 heterocycles. The Bertz CT molecular complexity index is 420. The number of nitrogens with one attached hydrogen (secondary N) is 1. The molecule has 88 valence electrons. The van der Waals surface area contributed by atoms with Crippen molar-refractivity contribution in [2.24, 2.45) is 0 Å². The van der Waals surface area contributed by atoms with Crippen molar-refractivity contribution in [3.05, 3.63) is 33.7 Å². The van der Waals surface area contributed by atoms with Gasteiger partial charge >= 0.3 is 5.97 Å². The Labute approximate surface area is 93.1 Å². The van der Waals surface area contributed by atoms with Crippen LogP contribution in [0.1, 0.15) is 34.8 Å². The van der Waals surface area contributed by atoms with Gasteiger partial charge in [-0.1, -0.05) is 0 Å². The fraction of sp³-hybridized carbons (Fsp3) is 0.455. The third kappa shape index (κ3) is 2.93. The van der Waals surface area contributed by atoms with Crippen LogP contribution in [0, 0.1) is 0 Å². The molecular weight excluding hydrogens is 210 g/mol. The van der Waals surface area contributed by atoms with Crippen LogP contribution in [0.15, 0.2) is 16.9 Å². The maximum absolute atomic E-state index is 11.2. The minimum atomic E-state index is -0.460. The maximum Gasteiger partial charge on any atom is 0.338 e. The molecule has 0 amide bonds. The molecule has 1 saturated carbocycles. The summed E-state index contributed by atoms with van der Waals surface area (Å²) in [7, 11) is 2.31. The van der Waals surface area contributed by atoms with Crippen LogP contribution in [0.4, 0.5) is 0 Å². The number of esters is 1. The van der Waals surface area contributed by atoms with E-state index < -0.39 is 5.97 Å². The number of aliphatic hydroxyl groups excluding tert-OH is 1. The third-order valence-electron chi connectivity index (χ3n) is 2.30. The monoisotopic (exact) mass is 225 g/mol. The Morgan fingerprint density at radius 1 is 1.44 bits per heavy atom. The molecule has 0 spiro atoms. The average molecular weight is 225 g/mol. The lowest BCUT2D eigenvalue weighted by molar-refractivity contribution is 0.0600. The number of aliphatic hydroxyl groups is 1. The van der Waals surface area contributed by atoms with Gasteiger partial charge in [-0.25, -0.2) is 4.79 Å².